The van der Waals surface area contributed by atoms with Crippen molar-refractivity contribution in [2.24, 2.45) is 0 Å². The van der Waals surface area contributed by atoms with E-state index in [4.69, 9.17) is 11.6 Å². The van der Waals surface area contributed by atoms with E-state index in [1.54, 1.807) is 17.0 Å². The van der Waals surface area contributed by atoms with Crippen LogP contribution in [-0.4, -0.2) is 42.5 Å². The number of amides is 3. The lowest BCUT2D eigenvalue weighted by Gasteiger charge is -2.28. The van der Waals surface area contributed by atoms with E-state index in [0.29, 0.717) is 18.0 Å². The van der Waals surface area contributed by atoms with Gasteiger partial charge in [-0.2, -0.15) is 0 Å². The number of carbonyl (C=O) groups is 2. The number of piperidine rings is 1. The Bertz CT molecular complexity index is 555. The van der Waals surface area contributed by atoms with E-state index >= 15 is 0 Å². The molecule has 0 spiro atoms. The average Bonchev–Trinajstić information content (AvgIpc) is 2.89. The summed E-state index contributed by atoms with van der Waals surface area (Å²) in [6.07, 6.45) is 3.67. The second-order valence-corrected chi connectivity index (χ2v) is 6.32. The van der Waals surface area contributed by atoms with Crippen molar-refractivity contribution >= 4 is 29.2 Å². The van der Waals surface area contributed by atoms with E-state index in [9.17, 15) is 9.59 Å². The summed E-state index contributed by atoms with van der Waals surface area (Å²) in [7, 11) is 0. The third-order valence-electron chi connectivity index (χ3n) is 4.23. The Kier molecular flexibility index (Phi) is 4.52. The first-order valence-corrected chi connectivity index (χ1v) is 8.12. The van der Waals surface area contributed by atoms with Crippen LogP contribution in [0.1, 0.15) is 25.7 Å². The number of anilines is 1. The summed E-state index contributed by atoms with van der Waals surface area (Å²) in [4.78, 5) is 27.9. The van der Waals surface area contributed by atoms with Crippen LogP contribution in [0.5, 0.6) is 0 Å². The minimum Gasteiger partial charge on any atom is -0.333 e. The van der Waals surface area contributed by atoms with Gasteiger partial charge in [-0.3, -0.25) is 4.79 Å². The lowest BCUT2D eigenvalue weighted by atomic mass is 10.1. The van der Waals surface area contributed by atoms with Crippen molar-refractivity contribution in [1.82, 2.24) is 10.2 Å². The van der Waals surface area contributed by atoms with Gasteiger partial charge in [0.15, 0.2) is 0 Å². The van der Waals surface area contributed by atoms with E-state index in [-0.39, 0.29) is 18.0 Å². The first kappa shape index (κ1) is 15.2. The van der Waals surface area contributed by atoms with Gasteiger partial charge in [0.05, 0.1) is 6.04 Å². The predicted molar refractivity (Wildman–Crippen MR) is 86.2 cm³/mol. The maximum absolute atomic E-state index is 12.2. The van der Waals surface area contributed by atoms with Crippen molar-refractivity contribution in [1.29, 1.82) is 0 Å². The number of benzene rings is 1. The Morgan fingerprint density at radius 1 is 1.14 bits per heavy atom. The van der Waals surface area contributed by atoms with Crippen LogP contribution in [0.15, 0.2) is 24.3 Å². The van der Waals surface area contributed by atoms with Gasteiger partial charge in [0.1, 0.15) is 0 Å². The molecule has 1 aromatic rings. The highest BCUT2D eigenvalue weighted by Gasteiger charge is 2.32. The molecule has 1 atom stereocenters. The molecule has 2 saturated heterocycles. The van der Waals surface area contributed by atoms with Gasteiger partial charge in [0, 0.05) is 36.8 Å². The normalized spacial score (nSPS) is 22.0. The van der Waals surface area contributed by atoms with Crippen molar-refractivity contribution in [2.75, 3.05) is 24.5 Å². The first-order chi connectivity index (χ1) is 10.6. The smallest absolute Gasteiger partial charge is 0.317 e. The molecule has 118 valence electrons. The molecule has 3 rings (SSSR count). The van der Waals surface area contributed by atoms with E-state index in [0.717, 1.165) is 31.6 Å². The Labute approximate surface area is 135 Å². The number of likely N-dealkylation sites (tertiary alicyclic amines) is 1. The summed E-state index contributed by atoms with van der Waals surface area (Å²) < 4.78 is 0. The average molecular weight is 322 g/mol. The molecule has 2 fully saturated rings. The molecule has 2 aliphatic rings. The largest absolute Gasteiger partial charge is 0.333 e. The van der Waals surface area contributed by atoms with Crippen LogP contribution in [0, 0.1) is 0 Å². The van der Waals surface area contributed by atoms with Crippen LogP contribution in [0.25, 0.3) is 0 Å². The van der Waals surface area contributed by atoms with E-state index in [1.807, 2.05) is 17.0 Å². The molecule has 2 heterocycles. The minimum absolute atomic E-state index is 0.0336. The number of nitrogens with one attached hydrogen (secondary N) is 1. The number of halogens is 1. The molecule has 0 aliphatic carbocycles. The molecule has 2 aliphatic heterocycles. The second-order valence-electron chi connectivity index (χ2n) is 5.88. The van der Waals surface area contributed by atoms with Gasteiger partial charge >= 0.3 is 6.03 Å². The van der Waals surface area contributed by atoms with Crippen LogP contribution in [-0.2, 0) is 4.79 Å². The maximum Gasteiger partial charge on any atom is 0.317 e. The zero-order valence-electron chi connectivity index (χ0n) is 12.4. The molecule has 6 heteroatoms. The summed E-state index contributed by atoms with van der Waals surface area (Å²) in [5, 5.41) is 3.63. The molecule has 22 heavy (non-hydrogen) atoms. The zero-order chi connectivity index (χ0) is 15.5. The monoisotopic (exact) mass is 321 g/mol. The van der Waals surface area contributed by atoms with Crippen LogP contribution in [0.2, 0.25) is 5.02 Å². The Balaban J connectivity index is 1.59. The quantitative estimate of drug-likeness (QED) is 0.910. The molecule has 0 aromatic heterocycles. The van der Waals surface area contributed by atoms with Crippen LogP contribution in [0.3, 0.4) is 0 Å². The van der Waals surface area contributed by atoms with Crippen molar-refractivity contribution in [2.45, 2.75) is 31.7 Å². The van der Waals surface area contributed by atoms with Crippen LogP contribution < -0.4 is 10.2 Å². The summed E-state index contributed by atoms with van der Waals surface area (Å²) in [5.74, 6) is 0.0336. The van der Waals surface area contributed by atoms with Gasteiger partial charge in [-0.05, 0) is 43.5 Å². The summed E-state index contributed by atoms with van der Waals surface area (Å²) >= 11 is 5.87. The van der Waals surface area contributed by atoms with Crippen LogP contribution >= 0.6 is 11.6 Å². The number of rotatable bonds is 2. The van der Waals surface area contributed by atoms with Gasteiger partial charge in [0.2, 0.25) is 5.91 Å². The molecule has 0 bridgehead atoms. The third-order valence-corrected chi connectivity index (χ3v) is 4.49. The standard InChI is InChI=1S/C16H20ClN3O2/c17-12-4-6-14(7-5-12)20-11-13(10-15(20)21)18-16(22)19-8-2-1-3-9-19/h4-7,13H,1-3,8-11H2,(H,18,22). The number of urea groups is 1. The third kappa shape index (κ3) is 3.35. The Morgan fingerprint density at radius 3 is 2.50 bits per heavy atom. The van der Waals surface area contributed by atoms with Crippen LogP contribution in [0.4, 0.5) is 10.5 Å². The molecule has 5 nitrogen and oxygen atoms in total. The highest BCUT2D eigenvalue weighted by Crippen LogP contribution is 2.23. The molecule has 3 amide bonds. The Hall–Kier alpha value is -1.75. The Morgan fingerprint density at radius 2 is 1.82 bits per heavy atom. The van der Waals surface area contributed by atoms with E-state index in [2.05, 4.69) is 5.32 Å². The summed E-state index contributed by atoms with van der Waals surface area (Å²) in [6.45, 7) is 2.14. The van der Waals surface area contributed by atoms with Crippen molar-refractivity contribution in [3.8, 4) is 0 Å². The maximum atomic E-state index is 12.2. The molecule has 1 aromatic carbocycles. The van der Waals surface area contributed by atoms with Gasteiger partial charge in [-0.1, -0.05) is 11.6 Å². The zero-order valence-corrected chi connectivity index (χ0v) is 13.2. The predicted octanol–water partition coefficient (Wildman–Crippen LogP) is 2.64. The topological polar surface area (TPSA) is 52.7 Å². The van der Waals surface area contributed by atoms with Crippen molar-refractivity contribution in [3.63, 3.8) is 0 Å². The fourth-order valence-corrected chi connectivity index (χ4v) is 3.16. The SMILES string of the molecule is O=C(NC1CC(=O)N(c2ccc(Cl)cc2)C1)N1CCCCC1. The molecular weight excluding hydrogens is 302 g/mol. The highest BCUT2D eigenvalue weighted by atomic mass is 35.5. The van der Waals surface area contributed by atoms with E-state index < -0.39 is 0 Å². The number of hydrogen-bond acceptors (Lipinski definition) is 2. The van der Waals surface area contributed by atoms with Crippen molar-refractivity contribution in [3.05, 3.63) is 29.3 Å². The molecule has 1 unspecified atom stereocenters. The lowest BCUT2D eigenvalue weighted by molar-refractivity contribution is -0.117. The van der Waals surface area contributed by atoms with Gasteiger partial charge in [-0.25, -0.2) is 4.79 Å². The molecule has 1 N–H and O–H groups in total. The number of nitrogens with zero attached hydrogens (tertiary/aromatic N) is 2. The molecular formula is C16H20ClN3O2. The summed E-state index contributed by atoms with van der Waals surface area (Å²) in [5.41, 5.74) is 0.823. The number of hydrogen-bond donors (Lipinski definition) is 1. The summed E-state index contributed by atoms with van der Waals surface area (Å²) in [6, 6.07) is 7.02. The fourth-order valence-electron chi connectivity index (χ4n) is 3.04. The first-order valence-electron chi connectivity index (χ1n) is 7.75. The molecule has 0 saturated carbocycles. The highest BCUT2D eigenvalue weighted by molar-refractivity contribution is 6.30. The van der Waals surface area contributed by atoms with Crippen molar-refractivity contribution < 1.29 is 9.59 Å². The minimum atomic E-state index is -0.127. The number of carbonyl (C=O) groups excluding carboxylic acids is 2. The van der Waals surface area contributed by atoms with Gasteiger partial charge < -0.3 is 15.1 Å². The second kappa shape index (κ2) is 6.57. The van der Waals surface area contributed by atoms with Gasteiger partial charge in [-0.15, -0.1) is 0 Å². The van der Waals surface area contributed by atoms with E-state index in [1.165, 1.54) is 6.42 Å². The fraction of sp³-hybridized carbons (Fsp3) is 0.500. The molecule has 0 radical (unpaired) electrons. The lowest BCUT2D eigenvalue weighted by Crippen LogP contribution is -2.47. The van der Waals surface area contributed by atoms with Gasteiger partial charge in [0.25, 0.3) is 0 Å².